The molecule has 0 aromatic carbocycles. The van der Waals surface area contributed by atoms with Crippen molar-refractivity contribution in [2.24, 2.45) is 11.7 Å². The molecular formula is C18H23N3O3S. The van der Waals surface area contributed by atoms with Gasteiger partial charge in [0.05, 0.1) is 11.7 Å². The molecule has 0 radical (unpaired) electrons. The van der Waals surface area contributed by atoms with Crippen LogP contribution in [0.4, 0.5) is 5.00 Å². The van der Waals surface area contributed by atoms with Crippen molar-refractivity contribution in [3.8, 4) is 6.07 Å². The highest BCUT2D eigenvalue weighted by molar-refractivity contribution is 7.16. The summed E-state index contributed by atoms with van der Waals surface area (Å²) >= 11 is 1.48. The number of allylic oxidation sites excluding steroid dienone is 1. The van der Waals surface area contributed by atoms with Crippen molar-refractivity contribution in [3.63, 3.8) is 0 Å². The van der Waals surface area contributed by atoms with Gasteiger partial charge in [-0.1, -0.05) is 6.92 Å². The second-order valence-electron chi connectivity index (χ2n) is 6.61. The van der Waals surface area contributed by atoms with Crippen molar-refractivity contribution in [2.75, 3.05) is 5.32 Å². The molecule has 1 heterocycles. The van der Waals surface area contributed by atoms with Crippen LogP contribution < -0.4 is 11.1 Å². The molecule has 0 saturated carbocycles. The Morgan fingerprint density at radius 1 is 1.44 bits per heavy atom. The molecule has 1 aromatic rings. The first-order valence-electron chi connectivity index (χ1n) is 8.27. The van der Waals surface area contributed by atoms with Crippen LogP contribution in [-0.2, 0) is 22.4 Å². The van der Waals surface area contributed by atoms with Crippen LogP contribution >= 0.6 is 11.3 Å². The highest BCUT2D eigenvalue weighted by atomic mass is 32.1. The van der Waals surface area contributed by atoms with Crippen LogP contribution in [0.2, 0.25) is 0 Å². The Morgan fingerprint density at radius 2 is 2.12 bits per heavy atom. The van der Waals surface area contributed by atoms with Crippen LogP contribution in [0.1, 0.15) is 54.9 Å². The second kappa shape index (κ2) is 7.70. The van der Waals surface area contributed by atoms with E-state index >= 15 is 0 Å². The van der Waals surface area contributed by atoms with Crippen molar-refractivity contribution in [2.45, 2.75) is 53.1 Å². The summed E-state index contributed by atoms with van der Waals surface area (Å²) < 4.78 is 5.40. The number of anilines is 1. The minimum atomic E-state index is -0.797. The summed E-state index contributed by atoms with van der Waals surface area (Å²) in [6, 6.07) is 1.80. The highest BCUT2D eigenvalue weighted by Crippen LogP contribution is 2.40. The highest BCUT2D eigenvalue weighted by Gasteiger charge is 2.29. The van der Waals surface area contributed by atoms with Crippen LogP contribution in [0.15, 0.2) is 11.3 Å². The van der Waals surface area contributed by atoms with E-state index in [2.05, 4.69) is 12.2 Å². The fourth-order valence-corrected chi connectivity index (χ4v) is 4.34. The number of carbonyl (C=O) groups is 2. The van der Waals surface area contributed by atoms with Gasteiger partial charge in [0.25, 0.3) is 5.91 Å². The maximum Gasteiger partial charge on any atom is 0.341 e. The van der Waals surface area contributed by atoms with Crippen molar-refractivity contribution in [1.82, 2.24) is 0 Å². The normalized spacial score (nSPS) is 17.4. The van der Waals surface area contributed by atoms with Crippen molar-refractivity contribution < 1.29 is 14.3 Å². The molecule has 25 heavy (non-hydrogen) atoms. The lowest BCUT2D eigenvalue weighted by Crippen LogP contribution is -2.18. The second-order valence-corrected chi connectivity index (χ2v) is 7.72. The Labute approximate surface area is 151 Å². The van der Waals surface area contributed by atoms with E-state index < -0.39 is 5.91 Å². The minimum absolute atomic E-state index is 0.150. The molecule has 6 nitrogen and oxygen atoms in total. The fourth-order valence-electron chi connectivity index (χ4n) is 2.88. The molecule has 0 spiro atoms. The van der Waals surface area contributed by atoms with Gasteiger partial charge in [-0.25, -0.2) is 4.79 Å². The molecule has 0 saturated heterocycles. The Hall–Kier alpha value is -2.33. The number of rotatable bonds is 5. The number of nitrogens with two attached hydrogens (primary N) is 1. The Morgan fingerprint density at radius 3 is 2.68 bits per heavy atom. The van der Waals surface area contributed by atoms with E-state index in [4.69, 9.17) is 15.7 Å². The van der Waals surface area contributed by atoms with Crippen LogP contribution in [-0.4, -0.2) is 18.0 Å². The molecule has 134 valence electrons. The molecule has 1 atom stereocenters. The maximum absolute atomic E-state index is 12.6. The Bertz CT molecular complexity index is 771. The average Bonchev–Trinajstić information content (AvgIpc) is 2.83. The molecule has 0 fully saturated rings. The van der Waals surface area contributed by atoms with E-state index in [0.29, 0.717) is 22.2 Å². The average molecular weight is 361 g/mol. The monoisotopic (exact) mass is 361 g/mol. The number of primary amides is 1. The standard InChI is InChI=1S/C18H23N3O3S/c1-9(2)24-18(23)15-12-6-5-10(3)7-14(12)25-17(15)21-11(4)13(8-19)16(20)22/h9-10,21H,5-7H2,1-4H3,(H2,20,22)/b13-11-/t10-/m1/s1. The molecule has 7 heteroatoms. The van der Waals surface area contributed by atoms with E-state index in [-0.39, 0.29) is 17.6 Å². The van der Waals surface area contributed by atoms with Crippen molar-refractivity contribution in [1.29, 1.82) is 5.26 Å². The van der Waals surface area contributed by atoms with Gasteiger partial charge in [-0.3, -0.25) is 4.79 Å². The first kappa shape index (κ1) is 19.0. The van der Waals surface area contributed by atoms with Crippen LogP contribution in [0.5, 0.6) is 0 Å². The predicted molar refractivity (Wildman–Crippen MR) is 97.2 cm³/mol. The van der Waals surface area contributed by atoms with Gasteiger partial charge in [-0.2, -0.15) is 5.26 Å². The fraction of sp³-hybridized carbons (Fsp3) is 0.500. The summed E-state index contributed by atoms with van der Waals surface area (Å²) in [5.41, 5.74) is 6.95. The van der Waals surface area contributed by atoms with Gasteiger partial charge in [0.1, 0.15) is 16.6 Å². The van der Waals surface area contributed by atoms with E-state index in [1.165, 1.54) is 11.3 Å². The molecule has 1 aliphatic rings. The van der Waals surface area contributed by atoms with E-state index in [9.17, 15) is 9.59 Å². The van der Waals surface area contributed by atoms with E-state index in [0.717, 1.165) is 29.7 Å². The number of hydrogen-bond acceptors (Lipinski definition) is 6. The lowest BCUT2D eigenvalue weighted by Gasteiger charge is -2.19. The van der Waals surface area contributed by atoms with Crippen LogP contribution in [0.3, 0.4) is 0 Å². The number of carbonyl (C=O) groups excluding carboxylic acids is 2. The summed E-state index contributed by atoms with van der Waals surface area (Å²) in [6.07, 6.45) is 2.52. The third kappa shape index (κ3) is 4.20. The van der Waals surface area contributed by atoms with E-state index in [1.54, 1.807) is 26.8 Å². The van der Waals surface area contributed by atoms with Gasteiger partial charge < -0.3 is 15.8 Å². The molecule has 1 amide bonds. The van der Waals surface area contributed by atoms with Gasteiger partial charge in [-0.05, 0) is 51.5 Å². The molecule has 2 rings (SSSR count). The van der Waals surface area contributed by atoms with Crippen LogP contribution in [0.25, 0.3) is 0 Å². The molecule has 0 bridgehead atoms. The molecule has 1 aromatic heterocycles. The smallest absolute Gasteiger partial charge is 0.341 e. The zero-order valence-electron chi connectivity index (χ0n) is 14.9. The zero-order chi connectivity index (χ0) is 18.7. The van der Waals surface area contributed by atoms with Gasteiger partial charge in [0.2, 0.25) is 0 Å². The largest absolute Gasteiger partial charge is 0.459 e. The zero-order valence-corrected chi connectivity index (χ0v) is 15.8. The summed E-state index contributed by atoms with van der Waals surface area (Å²) in [7, 11) is 0. The lowest BCUT2D eigenvalue weighted by atomic mass is 9.88. The quantitative estimate of drug-likeness (QED) is 0.476. The number of nitrogens with zero attached hydrogens (tertiary/aromatic N) is 1. The third-order valence-electron chi connectivity index (χ3n) is 4.09. The molecule has 0 unspecified atom stereocenters. The summed E-state index contributed by atoms with van der Waals surface area (Å²) in [4.78, 5) is 25.1. The van der Waals surface area contributed by atoms with Crippen molar-refractivity contribution in [3.05, 3.63) is 27.3 Å². The number of hydrogen-bond donors (Lipinski definition) is 2. The van der Waals surface area contributed by atoms with Gasteiger partial charge in [0.15, 0.2) is 0 Å². The van der Waals surface area contributed by atoms with Gasteiger partial charge >= 0.3 is 5.97 Å². The topological polar surface area (TPSA) is 105 Å². The SMILES string of the molecule is C/C(Nc1sc2c(c1C(=O)OC(C)C)CC[C@@H](C)C2)=C(\C#N)C(N)=O. The number of ether oxygens (including phenoxy) is 1. The van der Waals surface area contributed by atoms with E-state index in [1.807, 2.05) is 0 Å². The Kier molecular flexibility index (Phi) is 5.85. The van der Waals surface area contributed by atoms with Crippen LogP contribution in [0, 0.1) is 17.2 Å². The molecular weight excluding hydrogens is 338 g/mol. The van der Waals surface area contributed by atoms with Crippen molar-refractivity contribution >= 4 is 28.2 Å². The van der Waals surface area contributed by atoms with Gasteiger partial charge in [0, 0.05) is 10.6 Å². The number of nitriles is 1. The maximum atomic E-state index is 12.6. The molecule has 1 aliphatic carbocycles. The number of esters is 1. The predicted octanol–water partition coefficient (Wildman–Crippen LogP) is 3.13. The first-order valence-corrected chi connectivity index (χ1v) is 9.09. The molecule has 0 aliphatic heterocycles. The number of thiophene rings is 1. The molecule has 3 N–H and O–H groups in total. The lowest BCUT2D eigenvalue weighted by molar-refractivity contribution is -0.114. The summed E-state index contributed by atoms with van der Waals surface area (Å²) in [6.45, 7) is 7.39. The summed E-state index contributed by atoms with van der Waals surface area (Å²) in [5, 5.41) is 12.8. The minimum Gasteiger partial charge on any atom is -0.459 e. The summed E-state index contributed by atoms with van der Waals surface area (Å²) in [5.74, 6) is -0.617. The number of amides is 1. The first-order chi connectivity index (χ1) is 11.7. The van der Waals surface area contributed by atoms with Gasteiger partial charge in [-0.15, -0.1) is 11.3 Å². The number of fused-ring (bicyclic) bond motifs is 1. The Balaban J connectivity index is 2.48. The third-order valence-corrected chi connectivity index (χ3v) is 5.26. The number of nitrogens with one attached hydrogen (secondary N) is 1.